The molecule has 3 aromatic rings. The molecule has 7 rings (SSSR count). The van der Waals surface area contributed by atoms with E-state index in [1.165, 1.54) is 24.8 Å². The Hall–Kier alpha value is -3.07. The Labute approximate surface area is 209 Å². The molecular weight excluding hydrogens is 430 g/mol. The molecule has 0 spiro atoms. The molecule has 0 aromatic heterocycles. The van der Waals surface area contributed by atoms with Crippen molar-refractivity contribution in [3.8, 4) is 0 Å². The Balaban J connectivity index is 1.06. The Morgan fingerprint density at radius 2 is 1.20 bits per heavy atom. The van der Waals surface area contributed by atoms with Crippen LogP contribution >= 0.6 is 0 Å². The lowest BCUT2D eigenvalue weighted by atomic mass is 9.49. The van der Waals surface area contributed by atoms with E-state index < -0.39 is 0 Å². The maximum atomic E-state index is 13.1. The summed E-state index contributed by atoms with van der Waals surface area (Å²) in [7, 11) is 0. The summed E-state index contributed by atoms with van der Waals surface area (Å²) >= 11 is 0. The molecule has 180 valence electrons. The molecule has 0 amide bonds. The van der Waals surface area contributed by atoms with Crippen LogP contribution in [0.25, 0.3) is 0 Å². The summed E-state index contributed by atoms with van der Waals surface area (Å²) < 4.78 is 5.88. The first kappa shape index (κ1) is 22.4. The van der Waals surface area contributed by atoms with Crippen LogP contribution in [0.1, 0.15) is 50.5 Å². The number of esters is 1. The first-order valence-electron chi connectivity index (χ1n) is 13.3. The molecular formula is C32H35NO2. The molecule has 3 heteroatoms. The van der Waals surface area contributed by atoms with Gasteiger partial charge >= 0.3 is 5.97 Å². The van der Waals surface area contributed by atoms with Gasteiger partial charge in [0.15, 0.2) is 0 Å². The van der Waals surface area contributed by atoms with Crippen LogP contribution in [-0.2, 0) is 16.0 Å². The highest BCUT2D eigenvalue weighted by atomic mass is 16.5. The third-order valence-corrected chi connectivity index (χ3v) is 8.54. The number of nitrogens with zero attached hydrogens (tertiary/aromatic N) is 1. The van der Waals surface area contributed by atoms with Gasteiger partial charge in [-0.2, -0.15) is 0 Å². The second-order valence-electron chi connectivity index (χ2n) is 11.1. The molecule has 4 aliphatic rings. The quantitative estimate of drug-likeness (QED) is 0.251. The fraction of sp³-hybridized carbons (Fsp3) is 0.406. The van der Waals surface area contributed by atoms with Gasteiger partial charge < -0.3 is 9.64 Å². The van der Waals surface area contributed by atoms with Crippen molar-refractivity contribution in [2.45, 2.75) is 51.4 Å². The van der Waals surface area contributed by atoms with Gasteiger partial charge in [-0.25, -0.2) is 0 Å². The molecule has 0 saturated heterocycles. The molecule has 0 unspecified atom stereocenters. The van der Waals surface area contributed by atoms with Crippen molar-refractivity contribution in [3.63, 3.8) is 0 Å². The monoisotopic (exact) mass is 465 g/mol. The normalized spacial score (nSPS) is 26.5. The largest absolute Gasteiger partial charge is 0.465 e. The third kappa shape index (κ3) is 4.61. The highest BCUT2D eigenvalue weighted by molar-refractivity contribution is 5.78. The number of ether oxygens (including phenoxy) is 1. The molecule has 4 saturated carbocycles. The van der Waals surface area contributed by atoms with Crippen LogP contribution in [0, 0.1) is 23.2 Å². The number of anilines is 3. The van der Waals surface area contributed by atoms with Crippen molar-refractivity contribution in [1.29, 1.82) is 0 Å². The first-order chi connectivity index (χ1) is 17.2. The Morgan fingerprint density at radius 3 is 1.71 bits per heavy atom. The Morgan fingerprint density at radius 1 is 0.714 bits per heavy atom. The van der Waals surface area contributed by atoms with Gasteiger partial charge in [-0.3, -0.25) is 4.79 Å². The highest BCUT2D eigenvalue weighted by Gasteiger charge is 2.55. The molecule has 0 N–H and O–H groups in total. The van der Waals surface area contributed by atoms with Crippen molar-refractivity contribution in [2.75, 3.05) is 11.5 Å². The zero-order chi connectivity index (χ0) is 23.7. The minimum absolute atomic E-state index is 0.105. The topological polar surface area (TPSA) is 29.5 Å². The zero-order valence-electron chi connectivity index (χ0n) is 20.4. The lowest BCUT2D eigenvalue weighted by molar-refractivity contribution is -0.171. The lowest BCUT2D eigenvalue weighted by Crippen LogP contribution is -2.50. The summed E-state index contributed by atoms with van der Waals surface area (Å²) in [4.78, 5) is 15.3. The van der Waals surface area contributed by atoms with Crippen molar-refractivity contribution >= 4 is 23.0 Å². The van der Waals surface area contributed by atoms with Crippen molar-refractivity contribution in [3.05, 3.63) is 90.5 Å². The number of benzene rings is 3. The van der Waals surface area contributed by atoms with Gasteiger partial charge in [-0.05, 0) is 111 Å². The van der Waals surface area contributed by atoms with E-state index in [2.05, 4.69) is 77.7 Å². The molecule has 4 aliphatic carbocycles. The van der Waals surface area contributed by atoms with Crippen LogP contribution in [0.4, 0.5) is 17.1 Å². The Kier molecular flexibility index (Phi) is 6.10. The van der Waals surface area contributed by atoms with E-state index in [4.69, 9.17) is 4.74 Å². The third-order valence-electron chi connectivity index (χ3n) is 8.54. The zero-order valence-corrected chi connectivity index (χ0v) is 20.4. The Bertz CT molecular complexity index is 1060. The molecule has 35 heavy (non-hydrogen) atoms. The van der Waals surface area contributed by atoms with Crippen LogP contribution in [0.15, 0.2) is 84.9 Å². The van der Waals surface area contributed by atoms with Crippen LogP contribution in [-0.4, -0.2) is 12.6 Å². The summed E-state index contributed by atoms with van der Waals surface area (Å²) in [6.45, 7) is 0.530. The minimum Gasteiger partial charge on any atom is -0.465 e. The van der Waals surface area contributed by atoms with Gasteiger partial charge in [0.05, 0.1) is 12.0 Å². The van der Waals surface area contributed by atoms with Gasteiger partial charge in [0.2, 0.25) is 0 Å². The highest BCUT2D eigenvalue weighted by Crippen LogP contribution is 2.60. The van der Waals surface area contributed by atoms with Crippen molar-refractivity contribution in [2.24, 2.45) is 23.2 Å². The maximum absolute atomic E-state index is 13.1. The summed E-state index contributed by atoms with van der Waals surface area (Å²) in [6, 6.07) is 29.7. The second kappa shape index (κ2) is 9.53. The van der Waals surface area contributed by atoms with Gasteiger partial charge in [0.25, 0.3) is 0 Å². The molecule has 3 nitrogen and oxygen atoms in total. The van der Waals surface area contributed by atoms with Crippen LogP contribution in [0.2, 0.25) is 0 Å². The summed E-state index contributed by atoms with van der Waals surface area (Å²) in [5.41, 5.74) is 4.56. The number of carbonyl (C=O) groups excluding carboxylic acids is 1. The van der Waals surface area contributed by atoms with E-state index in [9.17, 15) is 4.79 Å². The first-order valence-corrected chi connectivity index (χ1v) is 13.3. The SMILES string of the molecule is O=C(OCCCc1ccc(N(c2ccccc2)c2ccccc2)cc1)C12CC3CC(CC(C3)C1)C2. The standard InChI is InChI=1S/C32H35NO2/c34-31(32-21-25-18-26(22-32)20-27(19-25)23-32)35-17-7-8-24-13-15-30(16-14-24)33(28-9-3-1-4-10-28)29-11-5-2-6-12-29/h1-6,9-16,25-27H,7-8,17-23H2. The molecule has 0 aliphatic heterocycles. The van der Waals surface area contributed by atoms with Crippen LogP contribution in [0.3, 0.4) is 0 Å². The summed E-state index contributed by atoms with van der Waals surface area (Å²) in [5.74, 6) is 2.43. The summed E-state index contributed by atoms with van der Waals surface area (Å²) in [5, 5.41) is 0. The van der Waals surface area contributed by atoms with Gasteiger partial charge in [-0.15, -0.1) is 0 Å². The minimum atomic E-state index is -0.144. The number of hydrogen-bond acceptors (Lipinski definition) is 3. The van der Waals surface area contributed by atoms with Gasteiger partial charge in [-0.1, -0.05) is 48.5 Å². The van der Waals surface area contributed by atoms with E-state index in [1.807, 2.05) is 12.1 Å². The number of aryl methyl sites for hydroxylation is 1. The maximum Gasteiger partial charge on any atom is 0.312 e. The van der Waals surface area contributed by atoms with E-state index >= 15 is 0 Å². The summed E-state index contributed by atoms with van der Waals surface area (Å²) in [6.07, 6.45) is 9.11. The number of hydrogen-bond donors (Lipinski definition) is 0. The number of rotatable bonds is 8. The lowest BCUT2D eigenvalue weighted by Gasteiger charge is -2.55. The average Bonchev–Trinajstić information content (AvgIpc) is 2.88. The van der Waals surface area contributed by atoms with E-state index in [0.717, 1.165) is 66.9 Å². The van der Waals surface area contributed by atoms with E-state index in [1.54, 1.807) is 0 Å². The molecule has 0 atom stereocenters. The second-order valence-corrected chi connectivity index (χ2v) is 11.1. The average molecular weight is 466 g/mol. The predicted octanol–water partition coefficient (Wildman–Crippen LogP) is 7.85. The molecule has 0 radical (unpaired) electrons. The van der Waals surface area contributed by atoms with Crippen LogP contribution in [0.5, 0.6) is 0 Å². The van der Waals surface area contributed by atoms with E-state index in [-0.39, 0.29) is 11.4 Å². The smallest absolute Gasteiger partial charge is 0.312 e. The van der Waals surface area contributed by atoms with E-state index in [0.29, 0.717) is 6.61 Å². The van der Waals surface area contributed by atoms with Crippen molar-refractivity contribution < 1.29 is 9.53 Å². The van der Waals surface area contributed by atoms with Gasteiger partial charge in [0, 0.05) is 17.1 Å². The van der Waals surface area contributed by atoms with Crippen molar-refractivity contribution in [1.82, 2.24) is 0 Å². The van der Waals surface area contributed by atoms with Gasteiger partial charge in [0.1, 0.15) is 0 Å². The molecule has 4 bridgehead atoms. The predicted molar refractivity (Wildman–Crippen MR) is 141 cm³/mol. The van der Waals surface area contributed by atoms with Crippen LogP contribution < -0.4 is 4.90 Å². The fourth-order valence-corrected chi connectivity index (χ4v) is 7.37. The fourth-order valence-electron chi connectivity index (χ4n) is 7.37. The number of para-hydroxylation sites is 2. The molecule has 0 heterocycles. The molecule has 4 fully saturated rings. The number of carbonyl (C=O) groups is 1. The molecule has 3 aromatic carbocycles.